The first kappa shape index (κ1) is 15.3. The summed E-state index contributed by atoms with van der Waals surface area (Å²) >= 11 is 0. The van der Waals surface area contributed by atoms with Crippen molar-refractivity contribution in [2.45, 2.75) is 19.9 Å². The zero-order chi connectivity index (χ0) is 15.1. The molecule has 0 saturated heterocycles. The van der Waals surface area contributed by atoms with Crippen LogP contribution < -0.4 is 14.8 Å². The lowest BCUT2D eigenvalue weighted by atomic mass is 10.2. The Morgan fingerprint density at radius 1 is 1.05 bits per heavy atom. The molecule has 2 rings (SSSR count). The van der Waals surface area contributed by atoms with Crippen LogP contribution in [0.1, 0.15) is 18.9 Å². The van der Waals surface area contributed by atoms with Crippen molar-refractivity contribution < 1.29 is 13.9 Å². The third-order valence-corrected chi connectivity index (χ3v) is 2.93. The minimum atomic E-state index is -0.367. The zero-order valence-electron chi connectivity index (χ0n) is 12.4. The molecule has 0 aliphatic carbocycles. The summed E-state index contributed by atoms with van der Waals surface area (Å²) in [5, 5.41) is 3.00. The van der Waals surface area contributed by atoms with Crippen LogP contribution in [-0.2, 0) is 6.54 Å². The van der Waals surface area contributed by atoms with Gasteiger partial charge in [0.15, 0.2) is 11.6 Å². The summed E-state index contributed by atoms with van der Waals surface area (Å²) in [5.74, 6) is 1.26. The first-order valence-corrected chi connectivity index (χ1v) is 7.07. The molecule has 0 aliphatic heterocycles. The van der Waals surface area contributed by atoms with Crippen molar-refractivity contribution in [1.82, 2.24) is 5.32 Å². The van der Waals surface area contributed by atoms with Gasteiger partial charge in [-0.3, -0.25) is 0 Å². The smallest absolute Gasteiger partial charge is 0.167 e. The van der Waals surface area contributed by atoms with Gasteiger partial charge in [-0.05, 0) is 43.8 Å². The van der Waals surface area contributed by atoms with E-state index in [1.54, 1.807) is 18.2 Å². The normalized spacial score (nSPS) is 10.4. The molecule has 0 atom stereocenters. The SMILES string of the molecule is CCCOc1ccc(Oc2c(F)cccc2CNC)cc1. The Bertz CT molecular complexity index is 570. The summed E-state index contributed by atoms with van der Waals surface area (Å²) in [5.41, 5.74) is 0.781. The lowest BCUT2D eigenvalue weighted by Crippen LogP contribution is -2.07. The highest BCUT2D eigenvalue weighted by Crippen LogP contribution is 2.29. The predicted octanol–water partition coefficient (Wildman–Crippen LogP) is 4.13. The summed E-state index contributed by atoms with van der Waals surface area (Å²) in [4.78, 5) is 0. The van der Waals surface area contributed by atoms with Gasteiger partial charge in [0.1, 0.15) is 11.5 Å². The van der Waals surface area contributed by atoms with Crippen LogP contribution in [-0.4, -0.2) is 13.7 Å². The van der Waals surface area contributed by atoms with Crippen molar-refractivity contribution >= 4 is 0 Å². The van der Waals surface area contributed by atoms with E-state index in [0.29, 0.717) is 18.9 Å². The third kappa shape index (κ3) is 4.20. The minimum absolute atomic E-state index is 0.258. The van der Waals surface area contributed by atoms with Crippen LogP contribution in [0.25, 0.3) is 0 Å². The van der Waals surface area contributed by atoms with Gasteiger partial charge in [0, 0.05) is 12.1 Å². The van der Waals surface area contributed by atoms with Crippen molar-refractivity contribution in [3.63, 3.8) is 0 Å². The Morgan fingerprint density at radius 2 is 1.76 bits per heavy atom. The maximum atomic E-state index is 13.9. The summed E-state index contributed by atoms with van der Waals surface area (Å²) in [6.45, 7) is 3.28. The molecular formula is C17H20FNO2. The number of rotatable bonds is 7. The van der Waals surface area contributed by atoms with E-state index in [1.165, 1.54) is 6.07 Å². The van der Waals surface area contributed by atoms with E-state index in [0.717, 1.165) is 17.7 Å². The summed E-state index contributed by atoms with van der Waals surface area (Å²) < 4.78 is 25.1. The van der Waals surface area contributed by atoms with Crippen LogP contribution in [0.2, 0.25) is 0 Å². The van der Waals surface area contributed by atoms with Crippen molar-refractivity contribution in [2.24, 2.45) is 0 Å². The standard InChI is InChI=1S/C17H20FNO2/c1-3-11-20-14-7-9-15(10-8-14)21-17-13(12-19-2)5-4-6-16(17)18/h4-10,19H,3,11-12H2,1-2H3. The molecule has 0 spiro atoms. The molecule has 0 unspecified atom stereocenters. The molecule has 2 aromatic carbocycles. The van der Waals surface area contributed by atoms with Crippen molar-refractivity contribution in [3.8, 4) is 17.2 Å². The number of hydrogen-bond acceptors (Lipinski definition) is 3. The molecule has 0 heterocycles. The minimum Gasteiger partial charge on any atom is -0.494 e. The molecule has 1 N–H and O–H groups in total. The van der Waals surface area contributed by atoms with Gasteiger partial charge in [-0.25, -0.2) is 4.39 Å². The Morgan fingerprint density at radius 3 is 2.43 bits per heavy atom. The molecule has 4 heteroatoms. The van der Waals surface area contributed by atoms with Gasteiger partial charge in [-0.2, -0.15) is 0 Å². The second kappa shape index (κ2) is 7.64. The maximum absolute atomic E-state index is 13.9. The number of halogens is 1. The molecule has 0 radical (unpaired) electrons. The number of hydrogen-bond donors (Lipinski definition) is 1. The van der Waals surface area contributed by atoms with E-state index in [1.807, 2.05) is 25.2 Å². The summed E-state index contributed by atoms with van der Waals surface area (Å²) in [6.07, 6.45) is 0.959. The van der Waals surface area contributed by atoms with E-state index in [4.69, 9.17) is 9.47 Å². The van der Waals surface area contributed by atoms with Gasteiger partial charge < -0.3 is 14.8 Å². The molecule has 2 aromatic rings. The average Bonchev–Trinajstić information content (AvgIpc) is 2.50. The fourth-order valence-electron chi connectivity index (χ4n) is 1.94. The van der Waals surface area contributed by atoms with Crippen molar-refractivity contribution in [2.75, 3.05) is 13.7 Å². The maximum Gasteiger partial charge on any atom is 0.167 e. The molecule has 0 aliphatic rings. The van der Waals surface area contributed by atoms with Crippen LogP contribution >= 0.6 is 0 Å². The highest BCUT2D eigenvalue weighted by Gasteiger charge is 2.10. The van der Waals surface area contributed by atoms with Crippen LogP contribution in [0.5, 0.6) is 17.2 Å². The predicted molar refractivity (Wildman–Crippen MR) is 81.5 cm³/mol. The third-order valence-electron chi connectivity index (χ3n) is 2.93. The molecule has 0 saturated carbocycles. The molecule has 0 fully saturated rings. The van der Waals surface area contributed by atoms with Crippen molar-refractivity contribution in [1.29, 1.82) is 0 Å². The Labute approximate surface area is 124 Å². The quantitative estimate of drug-likeness (QED) is 0.831. The topological polar surface area (TPSA) is 30.5 Å². The number of benzene rings is 2. The summed E-state index contributed by atoms with van der Waals surface area (Å²) in [6, 6.07) is 12.1. The van der Waals surface area contributed by atoms with Crippen LogP contribution in [0.15, 0.2) is 42.5 Å². The number of para-hydroxylation sites is 1. The van der Waals surface area contributed by atoms with Gasteiger partial charge in [0.2, 0.25) is 0 Å². The first-order chi connectivity index (χ1) is 10.2. The van der Waals surface area contributed by atoms with Crippen LogP contribution in [0, 0.1) is 5.82 Å². The van der Waals surface area contributed by atoms with E-state index in [-0.39, 0.29) is 11.6 Å². The highest BCUT2D eigenvalue weighted by molar-refractivity contribution is 5.40. The molecule has 0 amide bonds. The van der Waals surface area contributed by atoms with E-state index in [2.05, 4.69) is 12.2 Å². The van der Waals surface area contributed by atoms with E-state index >= 15 is 0 Å². The van der Waals surface area contributed by atoms with Gasteiger partial charge >= 0.3 is 0 Å². The summed E-state index contributed by atoms with van der Waals surface area (Å²) in [7, 11) is 1.81. The molecule has 0 bridgehead atoms. The Kier molecular flexibility index (Phi) is 5.58. The largest absolute Gasteiger partial charge is 0.494 e. The average molecular weight is 289 g/mol. The fourth-order valence-corrected chi connectivity index (χ4v) is 1.94. The van der Waals surface area contributed by atoms with Crippen molar-refractivity contribution in [3.05, 3.63) is 53.8 Å². The molecule has 3 nitrogen and oxygen atoms in total. The Balaban J connectivity index is 2.14. The second-order valence-corrected chi connectivity index (χ2v) is 4.68. The second-order valence-electron chi connectivity index (χ2n) is 4.68. The van der Waals surface area contributed by atoms with Gasteiger partial charge in [-0.15, -0.1) is 0 Å². The molecule has 0 aromatic heterocycles. The fraction of sp³-hybridized carbons (Fsp3) is 0.294. The van der Waals surface area contributed by atoms with E-state index < -0.39 is 0 Å². The Hall–Kier alpha value is -2.07. The molecule has 21 heavy (non-hydrogen) atoms. The van der Waals surface area contributed by atoms with Gasteiger partial charge in [-0.1, -0.05) is 19.1 Å². The zero-order valence-corrected chi connectivity index (χ0v) is 12.4. The monoisotopic (exact) mass is 289 g/mol. The highest BCUT2D eigenvalue weighted by atomic mass is 19.1. The lowest BCUT2D eigenvalue weighted by molar-refractivity contribution is 0.317. The van der Waals surface area contributed by atoms with Crippen LogP contribution in [0.4, 0.5) is 4.39 Å². The number of ether oxygens (including phenoxy) is 2. The van der Waals surface area contributed by atoms with Crippen LogP contribution in [0.3, 0.4) is 0 Å². The number of nitrogens with one attached hydrogen (secondary N) is 1. The van der Waals surface area contributed by atoms with Gasteiger partial charge in [0.25, 0.3) is 0 Å². The molecule has 112 valence electrons. The first-order valence-electron chi connectivity index (χ1n) is 7.07. The van der Waals surface area contributed by atoms with Gasteiger partial charge in [0.05, 0.1) is 6.61 Å². The van der Waals surface area contributed by atoms with E-state index in [9.17, 15) is 4.39 Å². The molecular weight excluding hydrogens is 269 g/mol. The lowest BCUT2D eigenvalue weighted by Gasteiger charge is -2.12.